The zero-order valence-corrected chi connectivity index (χ0v) is 13.3. The standard InChI is InChI=1S/C15H21N3O2S/c1-3-7-16-13-10-15(18-14(17-13)11-19-2)20-8-6-12-5-4-9-21-12/h4-5,9-10H,3,6-8,11H2,1-2H3,(H,16,17,18). The predicted molar refractivity (Wildman–Crippen MR) is 85.0 cm³/mol. The van der Waals surface area contributed by atoms with E-state index in [0.717, 1.165) is 25.2 Å². The minimum atomic E-state index is 0.378. The monoisotopic (exact) mass is 307 g/mol. The molecule has 0 fully saturated rings. The molecular weight excluding hydrogens is 286 g/mol. The maximum Gasteiger partial charge on any atom is 0.218 e. The van der Waals surface area contributed by atoms with Crippen molar-refractivity contribution in [2.24, 2.45) is 0 Å². The van der Waals surface area contributed by atoms with Crippen LogP contribution in [0.4, 0.5) is 5.82 Å². The first-order valence-electron chi connectivity index (χ1n) is 7.07. The first-order valence-corrected chi connectivity index (χ1v) is 7.95. The number of aromatic nitrogens is 2. The van der Waals surface area contributed by atoms with Crippen molar-refractivity contribution in [3.05, 3.63) is 34.3 Å². The molecule has 0 radical (unpaired) electrons. The third kappa shape index (κ3) is 5.32. The van der Waals surface area contributed by atoms with Crippen LogP contribution < -0.4 is 10.1 Å². The second kappa shape index (κ2) is 8.59. The van der Waals surface area contributed by atoms with Gasteiger partial charge in [0.25, 0.3) is 0 Å². The third-order valence-corrected chi connectivity index (χ3v) is 3.69. The molecule has 114 valence electrons. The summed E-state index contributed by atoms with van der Waals surface area (Å²) in [7, 11) is 1.63. The summed E-state index contributed by atoms with van der Waals surface area (Å²) in [4.78, 5) is 10.1. The lowest BCUT2D eigenvalue weighted by molar-refractivity contribution is 0.176. The number of anilines is 1. The molecule has 0 aromatic carbocycles. The van der Waals surface area contributed by atoms with Crippen molar-refractivity contribution in [2.45, 2.75) is 26.4 Å². The van der Waals surface area contributed by atoms with E-state index in [1.807, 2.05) is 12.1 Å². The lowest BCUT2D eigenvalue weighted by Gasteiger charge is -2.10. The molecule has 0 spiro atoms. The number of methoxy groups -OCH3 is 1. The molecular formula is C15H21N3O2S. The van der Waals surface area contributed by atoms with Gasteiger partial charge in [-0.1, -0.05) is 13.0 Å². The smallest absolute Gasteiger partial charge is 0.218 e. The number of rotatable bonds is 9. The molecule has 2 heterocycles. The molecule has 0 amide bonds. The van der Waals surface area contributed by atoms with Gasteiger partial charge in [-0.05, 0) is 17.9 Å². The van der Waals surface area contributed by atoms with E-state index in [1.165, 1.54) is 4.88 Å². The summed E-state index contributed by atoms with van der Waals surface area (Å²) >= 11 is 1.74. The van der Waals surface area contributed by atoms with Crippen LogP contribution in [-0.4, -0.2) is 30.2 Å². The fourth-order valence-electron chi connectivity index (χ4n) is 1.79. The molecule has 0 aliphatic rings. The minimum Gasteiger partial charge on any atom is -0.477 e. The number of hydrogen-bond acceptors (Lipinski definition) is 6. The zero-order valence-electron chi connectivity index (χ0n) is 12.5. The second-order valence-electron chi connectivity index (χ2n) is 4.55. The molecule has 1 N–H and O–H groups in total. The highest BCUT2D eigenvalue weighted by molar-refractivity contribution is 7.09. The number of nitrogens with zero attached hydrogens (tertiary/aromatic N) is 2. The Labute approximate surface area is 129 Å². The van der Waals surface area contributed by atoms with Crippen molar-refractivity contribution in [3.8, 4) is 5.88 Å². The Morgan fingerprint density at radius 3 is 2.95 bits per heavy atom. The maximum atomic E-state index is 5.75. The molecule has 0 saturated carbocycles. The lowest BCUT2D eigenvalue weighted by Crippen LogP contribution is -2.09. The zero-order chi connectivity index (χ0) is 14.9. The van der Waals surface area contributed by atoms with Gasteiger partial charge in [0, 0.05) is 31.0 Å². The highest BCUT2D eigenvalue weighted by Gasteiger charge is 2.06. The molecule has 0 aliphatic heterocycles. The maximum absolute atomic E-state index is 5.75. The minimum absolute atomic E-state index is 0.378. The molecule has 0 aliphatic carbocycles. The van der Waals surface area contributed by atoms with E-state index in [2.05, 4.69) is 33.7 Å². The molecule has 0 unspecified atom stereocenters. The van der Waals surface area contributed by atoms with Gasteiger partial charge >= 0.3 is 0 Å². The normalized spacial score (nSPS) is 10.6. The summed E-state index contributed by atoms with van der Waals surface area (Å²) in [5.74, 6) is 2.00. The van der Waals surface area contributed by atoms with Crippen LogP contribution in [0, 0.1) is 0 Å². The van der Waals surface area contributed by atoms with Crippen molar-refractivity contribution in [2.75, 3.05) is 25.6 Å². The van der Waals surface area contributed by atoms with E-state index in [0.29, 0.717) is 24.9 Å². The fraction of sp³-hybridized carbons (Fsp3) is 0.467. The van der Waals surface area contributed by atoms with Crippen molar-refractivity contribution >= 4 is 17.2 Å². The van der Waals surface area contributed by atoms with Gasteiger partial charge in [0.05, 0.1) is 6.61 Å². The Morgan fingerprint density at radius 2 is 2.24 bits per heavy atom. The topological polar surface area (TPSA) is 56.3 Å². The largest absolute Gasteiger partial charge is 0.477 e. The molecule has 5 nitrogen and oxygen atoms in total. The van der Waals surface area contributed by atoms with Crippen molar-refractivity contribution in [1.29, 1.82) is 0 Å². The summed E-state index contributed by atoms with van der Waals surface area (Å²) in [5, 5.41) is 5.33. The summed E-state index contributed by atoms with van der Waals surface area (Å²) in [6.45, 7) is 3.97. The molecule has 2 rings (SSSR count). The Morgan fingerprint density at radius 1 is 1.33 bits per heavy atom. The van der Waals surface area contributed by atoms with E-state index >= 15 is 0 Å². The molecule has 2 aromatic heterocycles. The van der Waals surface area contributed by atoms with Gasteiger partial charge in [0.2, 0.25) is 5.88 Å². The van der Waals surface area contributed by atoms with Gasteiger partial charge in [-0.3, -0.25) is 0 Å². The average molecular weight is 307 g/mol. The van der Waals surface area contributed by atoms with Crippen LogP contribution in [0.15, 0.2) is 23.6 Å². The Bertz CT molecular complexity index is 532. The van der Waals surface area contributed by atoms with Crippen LogP contribution in [0.5, 0.6) is 5.88 Å². The number of hydrogen-bond donors (Lipinski definition) is 1. The highest BCUT2D eigenvalue weighted by atomic mass is 32.1. The van der Waals surface area contributed by atoms with E-state index in [4.69, 9.17) is 9.47 Å². The Balaban J connectivity index is 1.97. The number of ether oxygens (including phenoxy) is 2. The lowest BCUT2D eigenvalue weighted by atomic mass is 10.4. The van der Waals surface area contributed by atoms with Gasteiger partial charge < -0.3 is 14.8 Å². The first-order chi connectivity index (χ1) is 10.3. The molecule has 21 heavy (non-hydrogen) atoms. The molecule has 0 bridgehead atoms. The fourth-order valence-corrected chi connectivity index (χ4v) is 2.49. The molecule has 6 heteroatoms. The summed E-state index contributed by atoms with van der Waals surface area (Å²) in [6, 6.07) is 6.00. The second-order valence-corrected chi connectivity index (χ2v) is 5.58. The predicted octanol–water partition coefficient (Wildman–Crippen LogP) is 3.13. The summed E-state index contributed by atoms with van der Waals surface area (Å²) < 4.78 is 10.8. The molecule has 0 atom stereocenters. The summed E-state index contributed by atoms with van der Waals surface area (Å²) in [5.41, 5.74) is 0. The van der Waals surface area contributed by atoms with Crippen molar-refractivity contribution < 1.29 is 9.47 Å². The SMILES string of the molecule is CCCNc1cc(OCCc2cccs2)nc(COC)n1. The number of thiophene rings is 1. The van der Waals surface area contributed by atoms with E-state index < -0.39 is 0 Å². The first kappa shape index (κ1) is 15.7. The van der Waals surface area contributed by atoms with Crippen LogP contribution >= 0.6 is 11.3 Å². The van der Waals surface area contributed by atoms with Gasteiger partial charge in [0.1, 0.15) is 12.4 Å². The summed E-state index contributed by atoms with van der Waals surface area (Å²) in [6.07, 6.45) is 1.93. The van der Waals surface area contributed by atoms with Crippen LogP contribution in [-0.2, 0) is 17.8 Å². The van der Waals surface area contributed by atoms with E-state index in [1.54, 1.807) is 18.4 Å². The van der Waals surface area contributed by atoms with E-state index in [9.17, 15) is 0 Å². The van der Waals surface area contributed by atoms with Crippen molar-refractivity contribution in [1.82, 2.24) is 9.97 Å². The third-order valence-electron chi connectivity index (χ3n) is 2.76. The quantitative estimate of drug-likeness (QED) is 0.771. The number of nitrogens with one attached hydrogen (secondary N) is 1. The molecule has 2 aromatic rings. The van der Waals surface area contributed by atoms with Crippen LogP contribution in [0.1, 0.15) is 24.0 Å². The van der Waals surface area contributed by atoms with E-state index in [-0.39, 0.29) is 0 Å². The van der Waals surface area contributed by atoms with Crippen LogP contribution in [0.25, 0.3) is 0 Å². The Kier molecular flexibility index (Phi) is 6.43. The molecule has 0 saturated heterocycles. The van der Waals surface area contributed by atoms with Gasteiger partial charge in [-0.15, -0.1) is 11.3 Å². The Hall–Kier alpha value is -1.66. The van der Waals surface area contributed by atoms with Gasteiger partial charge in [0.15, 0.2) is 5.82 Å². The van der Waals surface area contributed by atoms with Gasteiger partial charge in [-0.25, -0.2) is 4.98 Å². The highest BCUT2D eigenvalue weighted by Crippen LogP contribution is 2.15. The average Bonchev–Trinajstić information content (AvgIpc) is 2.99. The van der Waals surface area contributed by atoms with Gasteiger partial charge in [-0.2, -0.15) is 4.98 Å². The van der Waals surface area contributed by atoms with Crippen LogP contribution in [0.2, 0.25) is 0 Å². The van der Waals surface area contributed by atoms with Crippen LogP contribution in [0.3, 0.4) is 0 Å². The van der Waals surface area contributed by atoms with Crippen molar-refractivity contribution in [3.63, 3.8) is 0 Å².